The van der Waals surface area contributed by atoms with Crippen molar-refractivity contribution in [1.29, 1.82) is 0 Å². The van der Waals surface area contributed by atoms with Crippen molar-refractivity contribution in [3.63, 3.8) is 0 Å². The number of phenolic OH excluding ortho intramolecular Hbond substituents is 2. The molecule has 156 valence electrons. The first-order chi connectivity index (χ1) is 13.2. The molecule has 1 atom stereocenters. The molecule has 28 heavy (non-hydrogen) atoms. The minimum Gasteiger partial charge on any atom is -0.508 e. The van der Waals surface area contributed by atoms with Crippen molar-refractivity contribution in [3.05, 3.63) is 46.6 Å². The molecule has 0 bridgehead atoms. The average molecular weight is 389 g/mol. The van der Waals surface area contributed by atoms with Crippen LogP contribution in [0.25, 0.3) is 0 Å². The predicted molar refractivity (Wildman–Crippen MR) is 115 cm³/mol. The number of unbranched alkanes of at least 4 members (excludes halogenated alkanes) is 2. The first-order valence-corrected chi connectivity index (χ1v) is 10.3. The van der Waals surface area contributed by atoms with Gasteiger partial charge >= 0.3 is 5.97 Å². The van der Waals surface area contributed by atoms with E-state index in [2.05, 4.69) is 39.8 Å². The second kappa shape index (κ2) is 12.3. The molecule has 0 saturated heterocycles. The lowest BCUT2D eigenvalue weighted by Crippen LogP contribution is -1.97. The van der Waals surface area contributed by atoms with Gasteiger partial charge < -0.3 is 15.3 Å². The number of hydrogen-bond donors (Lipinski definition) is 3. The Balaban J connectivity index is 2.63. The summed E-state index contributed by atoms with van der Waals surface area (Å²) in [5, 5.41) is 29.4. The maximum Gasteiger partial charge on any atom is 0.303 e. The summed E-state index contributed by atoms with van der Waals surface area (Å²) in [6, 6.07) is 3.51. The van der Waals surface area contributed by atoms with Crippen LogP contribution in [0.2, 0.25) is 0 Å². The molecule has 0 aliphatic rings. The first-order valence-electron chi connectivity index (χ1n) is 10.3. The van der Waals surface area contributed by atoms with E-state index in [-0.39, 0.29) is 23.8 Å². The summed E-state index contributed by atoms with van der Waals surface area (Å²) in [5.74, 6) is -0.265. The van der Waals surface area contributed by atoms with Gasteiger partial charge in [-0.3, -0.25) is 4.79 Å². The maximum absolute atomic E-state index is 10.5. The van der Waals surface area contributed by atoms with Gasteiger partial charge in [0, 0.05) is 12.0 Å². The minimum atomic E-state index is -0.750. The number of aromatic hydroxyl groups is 2. The van der Waals surface area contributed by atoms with Crippen LogP contribution < -0.4 is 0 Å². The summed E-state index contributed by atoms with van der Waals surface area (Å²) in [7, 11) is 0. The monoisotopic (exact) mass is 388 g/mol. The van der Waals surface area contributed by atoms with Gasteiger partial charge in [-0.05, 0) is 76.5 Å². The Morgan fingerprint density at radius 2 is 1.64 bits per heavy atom. The van der Waals surface area contributed by atoms with Gasteiger partial charge in [-0.25, -0.2) is 0 Å². The summed E-state index contributed by atoms with van der Waals surface area (Å²) < 4.78 is 0. The van der Waals surface area contributed by atoms with Crippen molar-refractivity contribution in [2.75, 3.05) is 0 Å². The van der Waals surface area contributed by atoms with Gasteiger partial charge in [0.15, 0.2) is 0 Å². The number of carboxylic acid groups (broad SMARTS) is 1. The molecule has 1 unspecified atom stereocenters. The van der Waals surface area contributed by atoms with Crippen LogP contribution in [0.15, 0.2) is 35.4 Å². The molecule has 0 radical (unpaired) electrons. The fraction of sp³-hybridized carbons (Fsp3) is 0.542. The molecule has 0 aromatic heterocycles. The normalized spacial score (nSPS) is 12.6. The lowest BCUT2D eigenvalue weighted by atomic mass is 9.92. The fourth-order valence-electron chi connectivity index (χ4n) is 3.19. The van der Waals surface area contributed by atoms with Crippen molar-refractivity contribution >= 4 is 5.97 Å². The van der Waals surface area contributed by atoms with Crippen molar-refractivity contribution in [1.82, 2.24) is 0 Å². The Bertz CT molecular complexity index is 674. The van der Waals surface area contributed by atoms with E-state index in [1.54, 1.807) is 12.1 Å². The highest BCUT2D eigenvalue weighted by Gasteiger charge is 2.13. The van der Waals surface area contributed by atoms with Gasteiger partial charge in [-0.2, -0.15) is 0 Å². The molecular weight excluding hydrogens is 352 g/mol. The minimum absolute atomic E-state index is 0.140. The van der Waals surface area contributed by atoms with Gasteiger partial charge in [0.05, 0.1) is 0 Å². The van der Waals surface area contributed by atoms with Crippen molar-refractivity contribution in [2.24, 2.45) is 0 Å². The highest BCUT2D eigenvalue weighted by molar-refractivity contribution is 5.66. The molecule has 0 amide bonds. The lowest BCUT2D eigenvalue weighted by molar-refractivity contribution is -0.137. The molecule has 3 N–H and O–H groups in total. The zero-order valence-corrected chi connectivity index (χ0v) is 17.8. The van der Waals surface area contributed by atoms with Gasteiger partial charge in [0.2, 0.25) is 0 Å². The number of allylic oxidation sites excluding steroid dienone is 4. The van der Waals surface area contributed by atoms with Crippen LogP contribution in [0.1, 0.15) is 89.7 Å². The lowest BCUT2D eigenvalue weighted by Gasteiger charge is -2.15. The van der Waals surface area contributed by atoms with Crippen LogP contribution in [0.4, 0.5) is 0 Å². The van der Waals surface area contributed by atoms with E-state index >= 15 is 0 Å². The molecular formula is C24H36O4. The largest absolute Gasteiger partial charge is 0.508 e. The highest BCUT2D eigenvalue weighted by atomic mass is 16.4. The zero-order valence-electron chi connectivity index (χ0n) is 17.8. The third kappa shape index (κ3) is 9.12. The van der Waals surface area contributed by atoms with Crippen LogP contribution in [-0.4, -0.2) is 21.3 Å². The number of carbonyl (C=O) groups is 1. The Morgan fingerprint density at radius 1 is 1.00 bits per heavy atom. The van der Waals surface area contributed by atoms with Crippen LogP contribution >= 0.6 is 0 Å². The molecule has 0 heterocycles. The van der Waals surface area contributed by atoms with E-state index in [0.29, 0.717) is 18.4 Å². The summed E-state index contributed by atoms with van der Waals surface area (Å²) in [6.07, 6.45) is 10.4. The Morgan fingerprint density at radius 3 is 2.21 bits per heavy atom. The van der Waals surface area contributed by atoms with Crippen molar-refractivity contribution in [3.8, 4) is 11.5 Å². The SMILES string of the molecule is CC(C)=CCCC(C)=CCc1c(O)cc(C(C)CCCCCC(=O)O)cc1O. The van der Waals surface area contributed by atoms with Gasteiger partial charge in [-0.15, -0.1) is 0 Å². The molecule has 0 aliphatic heterocycles. The molecule has 0 fully saturated rings. The van der Waals surface area contributed by atoms with Gasteiger partial charge in [0.25, 0.3) is 0 Å². The second-order valence-corrected chi connectivity index (χ2v) is 8.01. The van der Waals surface area contributed by atoms with E-state index in [9.17, 15) is 15.0 Å². The quantitative estimate of drug-likeness (QED) is 0.283. The van der Waals surface area contributed by atoms with Crippen LogP contribution in [0.3, 0.4) is 0 Å². The zero-order chi connectivity index (χ0) is 21.1. The molecule has 1 rings (SSSR count). The van der Waals surface area contributed by atoms with E-state index < -0.39 is 5.97 Å². The van der Waals surface area contributed by atoms with Gasteiger partial charge in [0.1, 0.15) is 11.5 Å². The Hall–Kier alpha value is -2.23. The molecule has 0 saturated carbocycles. The smallest absolute Gasteiger partial charge is 0.303 e. The standard InChI is InChI=1S/C24H36O4/c1-17(2)9-8-10-18(3)13-14-21-22(25)15-20(16-23(21)26)19(4)11-6-5-7-12-24(27)28/h9,13,15-16,19,25-26H,5-8,10-12,14H2,1-4H3,(H,27,28). The molecule has 0 spiro atoms. The summed E-state index contributed by atoms with van der Waals surface area (Å²) in [6.45, 7) is 8.33. The third-order valence-corrected chi connectivity index (χ3v) is 5.07. The number of hydrogen-bond acceptors (Lipinski definition) is 3. The third-order valence-electron chi connectivity index (χ3n) is 5.07. The Kier molecular flexibility index (Phi) is 10.4. The Labute approximate surface area is 169 Å². The highest BCUT2D eigenvalue weighted by Crippen LogP contribution is 2.34. The fourth-order valence-corrected chi connectivity index (χ4v) is 3.19. The predicted octanol–water partition coefficient (Wildman–Crippen LogP) is 6.47. The number of rotatable bonds is 12. The first kappa shape index (κ1) is 23.8. The van der Waals surface area contributed by atoms with Crippen LogP contribution in [0.5, 0.6) is 11.5 Å². The summed E-state index contributed by atoms with van der Waals surface area (Å²) in [5.41, 5.74) is 4.05. The van der Waals surface area contributed by atoms with E-state index in [1.165, 1.54) is 11.1 Å². The molecule has 4 nitrogen and oxygen atoms in total. The second-order valence-electron chi connectivity index (χ2n) is 8.01. The van der Waals surface area contributed by atoms with Crippen LogP contribution in [0, 0.1) is 0 Å². The number of phenols is 2. The molecule has 4 heteroatoms. The van der Waals surface area contributed by atoms with E-state index in [1.807, 2.05) is 0 Å². The number of carboxylic acids is 1. The van der Waals surface area contributed by atoms with Crippen molar-refractivity contribution < 1.29 is 20.1 Å². The summed E-state index contributed by atoms with van der Waals surface area (Å²) in [4.78, 5) is 10.5. The summed E-state index contributed by atoms with van der Waals surface area (Å²) >= 11 is 0. The topological polar surface area (TPSA) is 77.8 Å². The number of benzene rings is 1. The van der Waals surface area contributed by atoms with E-state index in [0.717, 1.165) is 37.7 Å². The maximum atomic E-state index is 10.5. The molecule has 1 aromatic carbocycles. The number of aliphatic carboxylic acids is 1. The van der Waals surface area contributed by atoms with Crippen molar-refractivity contribution in [2.45, 2.75) is 85.0 Å². The molecule has 0 aliphatic carbocycles. The van der Waals surface area contributed by atoms with Crippen LogP contribution in [-0.2, 0) is 11.2 Å². The van der Waals surface area contributed by atoms with Gasteiger partial charge in [-0.1, -0.05) is 43.1 Å². The molecule has 1 aromatic rings. The van der Waals surface area contributed by atoms with E-state index in [4.69, 9.17) is 5.11 Å². The average Bonchev–Trinajstić information content (AvgIpc) is 2.59.